The Kier molecular flexibility index (Phi) is 9.41. The summed E-state index contributed by atoms with van der Waals surface area (Å²) in [5, 5.41) is 2.18. The molecule has 2 N–H and O–H groups in total. The highest BCUT2D eigenvalue weighted by atomic mass is 79.9. The molecule has 1 atom stereocenters. The molecule has 0 heterocycles. The lowest BCUT2D eigenvalue weighted by atomic mass is 9.97. The van der Waals surface area contributed by atoms with E-state index in [1.165, 1.54) is 31.4 Å². The fraction of sp³-hybridized carbons (Fsp3) is 0.200. The molecule has 0 aliphatic carbocycles. The molecule has 2 aromatic carbocycles. The Labute approximate surface area is 204 Å². The number of hydroxylamine groups is 1. The van der Waals surface area contributed by atoms with Gasteiger partial charge in [-0.15, -0.1) is 0 Å². The van der Waals surface area contributed by atoms with Crippen molar-refractivity contribution in [1.82, 2.24) is 10.8 Å². The topological polar surface area (TPSA) is 67.4 Å². The van der Waals surface area contributed by atoms with Gasteiger partial charge in [0.15, 0.2) is 0 Å². The van der Waals surface area contributed by atoms with E-state index < -0.39 is 23.9 Å². The maximum absolute atomic E-state index is 13.7. The van der Waals surface area contributed by atoms with Crippen molar-refractivity contribution in [2.75, 3.05) is 13.7 Å². The number of amides is 2. The zero-order chi connectivity index (χ0) is 24.1. The lowest BCUT2D eigenvalue weighted by Gasteiger charge is -2.18. The average molecular weight is 575 g/mol. The number of nitrogens with one attached hydrogen (secondary N) is 2. The van der Waals surface area contributed by atoms with Crippen molar-refractivity contribution in [2.24, 2.45) is 0 Å². The van der Waals surface area contributed by atoms with Gasteiger partial charge in [0.1, 0.15) is 0 Å². The molecule has 0 aromatic heterocycles. The SMILES string of the molecule is CONC(=O)CNC(=O)c1ccc(/C=C/C(c2cc(Cl)c(Cl)c(Cl)c2)C(F)(F)F)cc1Br. The second-order valence-corrected chi connectivity index (χ2v) is 8.37. The van der Waals surface area contributed by atoms with E-state index in [0.717, 1.165) is 18.2 Å². The quantitative estimate of drug-likeness (QED) is 0.307. The minimum Gasteiger partial charge on any atom is -0.343 e. The Balaban J connectivity index is 2.24. The average Bonchev–Trinajstić information content (AvgIpc) is 2.69. The molecule has 1 unspecified atom stereocenters. The van der Waals surface area contributed by atoms with Crippen LogP contribution in [0.1, 0.15) is 27.4 Å². The molecule has 5 nitrogen and oxygen atoms in total. The van der Waals surface area contributed by atoms with E-state index in [1.54, 1.807) is 0 Å². The summed E-state index contributed by atoms with van der Waals surface area (Å²) in [7, 11) is 1.25. The molecule has 0 radical (unpaired) electrons. The number of alkyl halides is 3. The third kappa shape index (κ3) is 7.11. The summed E-state index contributed by atoms with van der Waals surface area (Å²) in [4.78, 5) is 28.0. The van der Waals surface area contributed by atoms with Crippen LogP contribution in [0.2, 0.25) is 15.1 Å². The van der Waals surface area contributed by atoms with Gasteiger partial charge in [0, 0.05) is 4.47 Å². The first-order valence-electron chi connectivity index (χ1n) is 8.73. The first-order valence-corrected chi connectivity index (χ1v) is 10.7. The van der Waals surface area contributed by atoms with E-state index in [2.05, 4.69) is 26.1 Å². The van der Waals surface area contributed by atoms with Crippen LogP contribution in [0.15, 0.2) is 40.9 Å². The molecule has 0 fully saturated rings. The summed E-state index contributed by atoms with van der Waals surface area (Å²) in [6.45, 7) is -0.319. The Bertz CT molecular complexity index is 1030. The largest absolute Gasteiger partial charge is 0.399 e. The van der Waals surface area contributed by atoms with Gasteiger partial charge < -0.3 is 5.32 Å². The van der Waals surface area contributed by atoms with E-state index in [4.69, 9.17) is 34.8 Å². The van der Waals surface area contributed by atoms with Gasteiger partial charge in [-0.05, 0) is 51.3 Å². The van der Waals surface area contributed by atoms with Crippen molar-refractivity contribution in [3.8, 4) is 0 Å². The van der Waals surface area contributed by atoms with Crippen molar-refractivity contribution in [1.29, 1.82) is 0 Å². The number of halogens is 7. The van der Waals surface area contributed by atoms with Gasteiger partial charge in [0.2, 0.25) is 0 Å². The molecule has 2 aromatic rings. The predicted molar refractivity (Wildman–Crippen MR) is 121 cm³/mol. The minimum atomic E-state index is -4.61. The Morgan fingerprint density at radius 2 is 1.78 bits per heavy atom. The highest BCUT2D eigenvalue weighted by Crippen LogP contribution is 2.41. The summed E-state index contributed by atoms with van der Waals surface area (Å²) >= 11 is 20.8. The number of carbonyl (C=O) groups is 2. The van der Waals surface area contributed by atoms with Crippen molar-refractivity contribution >= 4 is 68.6 Å². The third-order valence-corrected chi connectivity index (χ3v) is 5.92. The molecule has 32 heavy (non-hydrogen) atoms. The normalized spacial score (nSPS) is 12.6. The summed E-state index contributed by atoms with van der Waals surface area (Å²) in [6.07, 6.45) is -2.41. The summed E-state index contributed by atoms with van der Waals surface area (Å²) in [5.41, 5.74) is 2.46. The van der Waals surface area contributed by atoms with Crippen LogP contribution in [0.25, 0.3) is 6.08 Å². The summed E-state index contributed by atoms with van der Waals surface area (Å²) < 4.78 is 41.3. The minimum absolute atomic E-state index is 0.0283. The van der Waals surface area contributed by atoms with Gasteiger partial charge in [-0.3, -0.25) is 14.4 Å². The van der Waals surface area contributed by atoms with Gasteiger partial charge in [0.25, 0.3) is 11.8 Å². The van der Waals surface area contributed by atoms with E-state index in [-0.39, 0.29) is 32.7 Å². The molecule has 2 rings (SSSR count). The molecule has 0 saturated heterocycles. The van der Waals surface area contributed by atoms with Crippen LogP contribution in [-0.2, 0) is 9.63 Å². The third-order valence-electron chi connectivity index (χ3n) is 4.06. The molecule has 12 heteroatoms. The summed E-state index contributed by atoms with van der Waals surface area (Å²) in [6, 6.07) is 6.56. The van der Waals surface area contributed by atoms with Crippen LogP contribution < -0.4 is 10.8 Å². The van der Waals surface area contributed by atoms with Crippen LogP contribution in [0.4, 0.5) is 13.2 Å². The second kappa shape index (κ2) is 11.4. The zero-order valence-electron chi connectivity index (χ0n) is 16.2. The second-order valence-electron chi connectivity index (χ2n) is 6.33. The van der Waals surface area contributed by atoms with Gasteiger partial charge >= 0.3 is 6.18 Å². The molecular weight excluding hydrogens is 559 g/mol. The first-order chi connectivity index (χ1) is 14.9. The van der Waals surface area contributed by atoms with E-state index in [9.17, 15) is 22.8 Å². The number of hydrogen-bond acceptors (Lipinski definition) is 3. The van der Waals surface area contributed by atoms with E-state index in [0.29, 0.717) is 10.0 Å². The monoisotopic (exact) mass is 572 g/mol. The predicted octanol–water partition coefficient (Wildman–Crippen LogP) is 6.18. The van der Waals surface area contributed by atoms with Crippen LogP contribution in [0, 0.1) is 0 Å². The Morgan fingerprint density at radius 3 is 2.31 bits per heavy atom. The molecule has 0 saturated carbocycles. The van der Waals surface area contributed by atoms with Crippen molar-refractivity contribution in [3.63, 3.8) is 0 Å². The molecule has 0 aliphatic rings. The molecular formula is C20H15BrCl3F3N2O3. The fourth-order valence-corrected chi connectivity index (χ4v) is 3.79. The molecule has 0 bridgehead atoms. The van der Waals surface area contributed by atoms with Crippen LogP contribution in [0.3, 0.4) is 0 Å². The first kappa shape index (κ1) is 26.5. The number of rotatable bonds is 7. The maximum Gasteiger partial charge on any atom is 0.399 e. The highest BCUT2D eigenvalue weighted by molar-refractivity contribution is 9.10. The molecule has 0 spiro atoms. The van der Waals surface area contributed by atoms with Crippen molar-refractivity contribution in [2.45, 2.75) is 12.1 Å². The Morgan fingerprint density at radius 1 is 1.16 bits per heavy atom. The molecule has 172 valence electrons. The van der Waals surface area contributed by atoms with Gasteiger partial charge in [-0.2, -0.15) is 13.2 Å². The maximum atomic E-state index is 13.7. The number of benzene rings is 2. The fourth-order valence-electron chi connectivity index (χ4n) is 2.60. The van der Waals surface area contributed by atoms with E-state index in [1.807, 2.05) is 5.48 Å². The number of carbonyl (C=O) groups excluding carboxylic acids is 2. The van der Waals surface area contributed by atoms with Crippen LogP contribution >= 0.6 is 50.7 Å². The van der Waals surface area contributed by atoms with Crippen LogP contribution in [-0.4, -0.2) is 31.6 Å². The van der Waals surface area contributed by atoms with E-state index >= 15 is 0 Å². The zero-order valence-corrected chi connectivity index (χ0v) is 20.1. The van der Waals surface area contributed by atoms with Crippen LogP contribution in [0.5, 0.6) is 0 Å². The number of allylic oxidation sites excluding steroid dienone is 1. The van der Waals surface area contributed by atoms with Crippen molar-refractivity contribution in [3.05, 3.63) is 72.6 Å². The highest BCUT2D eigenvalue weighted by Gasteiger charge is 2.39. The Hall–Kier alpha value is -1.78. The molecule has 2 amide bonds. The number of hydrogen-bond donors (Lipinski definition) is 2. The standard InChI is InChI=1S/C20H15BrCl3F3N2O3/c1-32-29-17(30)9-28-19(31)12-4-2-10(6-14(12)21)3-5-13(20(25,26)27)11-7-15(22)18(24)16(23)8-11/h2-8,13H,9H2,1H3,(H,28,31)(H,29,30)/b5-3+. The lowest BCUT2D eigenvalue weighted by molar-refractivity contribution is -0.139. The van der Waals surface area contributed by atoms with Gasteiger partial charge in [-0.1, -0.05) is 53.0 Å². The smallest absolute Gasteiger partial charge is 0.343 e. The van der Waals surface area contributed by atoms with Crippen molar-refractivity contribution < 1.29 is 27.6 Å². The summed E-state index contributed by atoms with van der Waals surface area (Å²) in [5.74, 6) is -3.11. The molecule has 0 aliphatic heterocycles. The van der Waals surface area contributed by atoms with Gasteiger partial charge in [-0.25, -0.2) is 5.48 Å². The van der Waals surface area contributed by atoms with Gasteiger partial charge in [0.05, 0.1) is 40.2 Å². The lowest BCUT2D eigenvalue weighted by Crippen LogP contribution is -2.36.